The number of benzene rings is 2. The van der Waals surface area contributed by atoms with Gasteiger partial charge in [-0.2, -0.15) is 0 Å². The fourth-order valence-electron chi connectivity index (χ4n) is 2.62. The van der Waals surface area contributed by atoms with Crippen LogP contribution in [-0.4, -0.2) is 29.3 Å². The van der Waals surface area contributed by atoms with Gasteiger partial charge in [0.15, 0.2) is 0 Å². The molecule has 0 saturated heterocycles. The molecule has 5 nitrogen and oxygen atoms in total. The largest absolute Gasteiger partial charge is 0.458 e. The van der Waals surface area contributed by atoms with Gasteiger partial charge in [0.25, 0.3) is 0 Å². The number of carbonyl (C=O) groups excluding carboxylic acids is 2. The maximum absolute atomic E-state index is 12.6. The van der Waals surface area contributed by atoms with Crippen LogP contribution in [0.2, 0.25) is 0 Å². The third kappa shape index (κ3) is 6.93. The lowest BCUT2D eigenvalue weighted by molar-refractivity contribution is -0.157. The maximum atomic E-state index is 12.6. The molecule has 2 aromatic carbocycles. The highest BCUT2D eigenvalue weighted by Crippen LogP contribution is 2.18. The summed E-state index contributed by atoms with van der Waals surface area (Å²) in [5.41, 5.74) is -0.361. The summed E-state index contributed by atoms with van der Waals surface area (Å²) in [7, 11) is 0. The second kappa shape index (κ2) is 7.99. The second-order valence-corrected chi connectivity index (χ2v) is 8.62. The molecule has 146 valence electrons. The first-order chi connectivity index (χ1) is 12.4. The highest BCUT2D eigenvalue weighted by molar-refractivity contribution is 5.84. The molecular formula is C22H29NO4. The third-order valence-corrected chi connectivity index (χ3v) is 3.64. The van der Waals surface area contributed by atoms with Crippen molar-refractivity contribution in [1.29, 1.82) is 0 Å². The average molecular weight is 371 g/mol. The fraction of sp³-hybridized carbons (Fsp3) is 0.455. The average Bonchev–Trinajstić information content (AvgIpc) is 2.50. The van der Waals surface area contributed by atoms with Crippen molar-refractivity contribution in [3.63, 3.8) is 0 Å². The molecule has 1 amide bonds. The summed E-state index contributed by atoms with van der Waals surface area (Å²) < 4.78 is 10.8. The Bertz CT molecular complexity index is 815. The van der Waals surface area contributed by atoms with Crippen LogP contribution in [0, 0.1) is 0 Å². The Labute approximate surface area is 161 Å². The van der Waals surface area contributed by atoms with Gasteiger partial charge in [-0.25, -0.2) is 9.59 Å². The number of ether oxygens (including phenoxy) is 2. The van der Waals surface area contributed by atoms with Crippen molar-refractivity contribution in [2.45, 2.75) is 65.2 Å². The van der Waals surface area contributed by atoms with Crippen LogP contribution in [0.5, 0.6) is 0 Å². The summed E-state index contributed by atoms with van der Waals surface area (Å²) in [5.74, 6) is -0.485. The molecular weight excluding hydrogens is 342 g/mol. The van der Waals surface area contributed by atoms with E-state index in [9.17, 15) is 9.59 Å². The highest BCUT2D eigenvalue weighted by Gasteiger charge is 2.29. The van der Waals surface area contributed by atoms with E-state index >= 15 is 0 Å². The Hall–Kier alpha value is -2.56. The first-order valence-corrected chi connectivity index (χ1v) is 9.13. The monoisotopic (exact) mass is 371 g/mol. The topological polar surface area (TPSA) is 64.6 Å². The van der Waals surface area contributed by atoms with Gasteiger partial charge in [0.2, 0.25) is 0 Å². The molecule has 27 heavy (non-hydrogen) atoms. The number of fused-ring (bicyclic) bond motifs is 1. The Kier molecular flexibility index (Phi) is 6.14. The zero-order valence-corrected chi connectivity index (χ0v) is 17.0. The molecule has 0 spiro atoms. The van der Waals surface area contributed by atoms with Gasteiger partial charge in [0, 0.05) is 6.42 Å². The summed E-state index contributed by atoms with van der Waals surface area (Å²) in [5, 5.41) is 4.86. The molecule has 0 saturated carbocycles. The Morgan fingerprint density at radius 3 is 2.07 bits per heavy atom. The minimum Gasteiger partial charge on any atom is -0.458 e. The van der Waals surface area contributed by atoms with E-state index in [4.69, 9.17) is 9.47 Å². The van der Waals surface area contributed by atoms with Gasteiger partial charge < -0.3 is 14.8 Å². The first kappa shape index (κ1) is 20.7. The van der Waals surface area contributed by atoms with Crippen LogP contribution < -0.4 is 5.32 Å². The minimum atomic E-state index is -0.833. The van der Waals surface area contributed by atoms with E-state index in [0.29, 0.717) is 6.42 Å². The molecule has 0 radical (unpaired) electrons. The number of esters is 1. The van der Waals surface area contributed by atoms with Crippen LogP contribution in [0.25, 0.3) is 10.8 Å². The number of alkyl carbamates (subject to hydrolysis) is 1. The molecule has 0 aliphatic heterocycles. The fourth-order valence-corrected chi connectivity index (χ4v) is 2.62. The summed E-state index contributed by atoms with van der Waals surface area (Å²) in [6.07, 6.45) is -0.321. The van der Waals surface area contributed by atoms with Gasteiger partial charge in [-0.15, -0.1) is 0 Å². The second-order valence-electron chi connectivity index (χ2n) is 8.62. The van der Waals surface area contributed by atoms with E-state index in [0.717, 1.165) is 16.3 Å². The quantitative estimate of drug-likeness (QED) is 0.797. The standard InChI is InChI=1S/C22H29NO4/c1-21(2,3)26-19(24)18(23-20(25)27-22(4,5)6)14-15-11-12-16-9-7-8-10-17(16)13-15/h7-13,18H,14H2,1-6H3,(H,23,25)/t18-/m0/s1. The van der Waals surface area contributed by atoms with Crippen molar-refractivity contribution >= 4 is 22.8 Å². The van der Waals surface area contributed by atoms with Gasteiger partial charge in [0.1, 0.15) is 17.2 Å². The molecule has 0 bridgehead atoms. The van der Waals surface area contributed by atoms with Crippen molar-refractivity contribution in [3.8, 4) is 0 Å². The predicted molar refractivity (Wildman–Crippen MR) is 107 cm³/mol. The van der Waals surface area contributed by atoms with Crippen LogP contribution in [0.4, 0.5) is 4.79 Å². The van der Waals surface area contributed by atoms with Crippen molar-refractivity contribution in [2.75, 3.05) is 0 Å². The van der Waals surface area contributed by atoms with Crippen molar-refractivity contribution in [3.05, 3.63) is 48.0 Å². The predicted octanol–water partition coefficient (Wildman–Crippen LogP) is 4.62. The molecule has 0 heterocycles. The smallest absolute Gasteiger partial charge is 0.408 e. The molecule has 0 aromatic heterocycles. The van der Waals surface area contributed by atoms with Crippen LogP contribution in [0.1, 0.15) is 47.1 Å². The summed E-state index contributed by atoms with van der Waals surface area (Å²) in [4.78, 5) is 24.8. The molecule has 0 unspecified atom stereocenters. The van der Waals surface area contributed by atoms with E-state index in [1.807, 2.05) is 42.5 Å². The number of hydrogen-bond acceptors (Lipinski definition) is 4. The number of hydrogen-bond donors (Lipinski definition) is 1. The van der Waals surface area contributed by atoms with Crippen LogP contribution in [0.15, 0.2) is 42.5 Å². The number of carbonyl (C=O) groups is 2. The zero-order valence-electron chi connectivity index (χ0n) is 17.0. The van der Waals surface area contributed by atoms with Gasteiger partial charge in [-0.1, -0.05) is 42.5 Å². The third-order valence-electron chi connectivity index (χ3n) is 3.64. The Morgan fingerprint density at radius 1 is 0.889 bits per heavy atom. The minimum absolute atomic E-state index is 0.318. The summed E-state index contributed by atoms with van der Waals surface area (Å²) in [6.45, 7) is 10.7. The molecule has 1 atom stereocenters. The van der Waals surface area contributed by atoms with Crippen LogP contribution in [0.3, 0.4) is 0 Å². The summed E-state index contributed by atoms with van der Waals surface area (Å²) >= 11 is 0. The van der Waals surface area contributed by atoms with Gasteiger partial charge in [0.05, 0.1) is 0 Å². The number of rotatable bonds is 4. The van der Waals surface area contributed by atoms with E-state index in [1.54, 1.807) is 41.5 Å². The van der Waals surface area contributed by atoms with Crippen molar-refractivity contribution in [1.82, 2.24) is 5.32 Å². The molecule has 2 aromatic rings. The highest BCUT2D eigenvalue weighted by atomic mass is 16.6. The lowest BCUT2D eigenvalue weighted by atomic mass is 10.0. The number of amides is 1. The first-order valence-electron chi connectivity index (χ1n) is 9.13. The Morgan fingerprint density at radius 2 is 1.48 bits per heavy atom. The van der Waals surface area contributed by atoms with Crippen molar-refractivity contribution in [2.24, 2.45) is 0 Å². The van der Waals surface area contributed by atoms with Crippen molar-refractivity contribution < 1.29 is 19.1 Å². The van der Waals surface area contributed by atoms with E-state index < -0.39 is 29.3 Å². The molecule has 1 N–H and O–H groups in total. The van der Waals surface area contributed by atoms with Gasteiger partial charge >= 0.3 is 12.1 Å². The summed E-state index contributed by atoms with van der Waals surface area (Å²) in [6, 6.07) is 13.1. The molecule has 0 fully saturated rings. The van der Waals surface area contributed by atoms with Crippen LogP contribution in [-0.2, 0) is 20.7 Å². The van der Waals surface area contributed by atoms with Crippen LogP contribution >= 0.6 is 0 Å². The van der Waals surface area contributed by atoms with Gasteiger partial charge in [-0.3, -0.25) is 0 Å². The zero-order chi connectivity index (χ0) is 20.2. The molecule has 2 rings (SSSR count). The molecule has 0 aliphatic carbocycles. The van der Waals surface area contributed by atoms with Gasteiger partial charge in [-0.05, 0) is 57.9 Å². The molecule has 0 aliphatic rings. The van der Waals surface area contributed by atoms with E-state index in [2.05, 4.69) is 5.32 Å². The normalized spacial score (nSPS) is 13.1. The Balaban J connectivity index is 2.21. The lowest BCUT2D eigenvalue weighted by Crippen LogP contribution is -2.47. The SMILES string of the molecule is CC(C)(C)OC(=O)N[C@@H](Cc1ccc2ccccc2c1)C(=O)OC(C)(C)C. The lowest BCUT2D eigenvalue weighted by Gasteiger charge is -2.26. The number of nitrogens with one attached hydrogen (secondary N) is 1. The molecule has 5 heteroatoms. The van der Waals surface area contributed by atoms with E-state index in [1.165, 1.54) is 0 Å². The van der Waals surface area contributed by atoms with E-state index in [-0.39, 0.29) is 0 Å². The maximum Gasteiger partial charge on any atom is 0.408 e.